The molecule has 0 bridgehead atoms. The molecule has 0 aromatic heterocycles. The molecule has 20 heavy (non-hydrogen) atoms. The molecule has 2 rings (SSSR count). The zero-order valence-electron chi connectivity index (χ0n) is 12.4. The van der Waals surface area contributed by atoms with Crippen molar-refractivity contribution in [2.45, 2.75) is 63.2 Å². The Morgan fingerprint density at radius 2 is 1.95 bits per heavy atom. The molecular formula is C15H27NO4. The Morgan fingerprint density at radius 1 is 1.20 bits per heavy atom. The van der Waals surface area contributed by atoms with Crippen molar-refractivity contribution in [2.24, 2.45) is 0 Å². The van der Waals surface area contributed by atoms with Crippen LogP contribution in [0.5, 0.6) is 0 Å². The molecule has 0 aromatic carbocycles. The van der Waals surface area contributed by atoms with Crippen LogP contribution in [0.25, 0.3) is 0 Å². The Labute approximate surface area is 121 Å². The zero-order valence-corrected chi connectivity index (χ0v) is 12.4. The van der Waals surface area contributed by atoms with Gasteiger partial charge in [-0.3, -0.25) is 4.79 Å². The number of rotatable bonds is 6. The summed E-state index contributed by atoms with van der Waals surface area (Å²) in [6, 6.07) is 0.661. The molecule has 2 atom stereocenters. The Balaban J connectivity index is 1.67. The molecule has 116 valence electrons. The summed E-state index contributed by atoms with van der Waals surface area (Å²) in [5.41, 5.74) is 0. The highest BCUT2D eigenvalue weighted by Crippen LogP contribution is 2.27. The maximum Gasteiger partial charge on any atom is 0.305 e. The minimum atomic E-state index is -0.782. The fraction of sp³-hybridized carbons (Fsp3) is 0.933. The van der Waals surface area contributed by atoms with Crippen LogP contribution in [-0.4, -0.2) is 61.0 Å². The van der Waals surface area contributed by atoms with Gasteiger partial charge in [-0.15, -0.1) is 0 Å². The summed E-state index contributed by atoms with van der Waals surface area (Å²) in [4.78, 5) is 13.0. The Hall–Kier alpha value is -0.650. The van der Waals surface area contributed by atoms with Crippen LogP contribution >= 0.6 is 0 Å². The van der Waals surface area contributed by atoms with Crippen molar-refractivity contribution in [3.8, 4) is 0 Å². The van der Waals surface area contributed by atoms with E-state index in [1.807, 2.05) is 7.11 Å². The van der Waals surface area contributed by atoms with Gasteiger partial charge in [0.15, 0.2) is 0 Å². The van der Waals surface area contributed by atoms with E-state index < -0.39 is 5.97 Å². The number of methoxy groups -OCH3 is 1. The monoisotopic (exact) mass is 285 g/mol. The molecule has 0 radical (unpaired) electrons. The summed E-state index contributed by atoms with van der Waals surface area (Å²) in [7, 11) is 1.82. The number of likely N-dealkylation sites (tertiary alicyclic amines) is 1. The van der Waals surface area contributed by atoms with Crippen molar-refractivity contribution in [1.29, 1.82) is 0 Å². The second kappa shape index (κ2) is 7.96. The maximum absolute atomic E-state index is 10.5. The van der Waals surface area contributed by atoms with Crippen molar-refractivity contribution in [3.05, 3.63) is 0 Å². The van der Waals surface area contributed by atoms with Gasteiger partial charge in [0.1, 0.15) is 0 Å². The van der Waals surface area contributed by atoms with E-state index in [-0.39, 0.29) is 12.5 Å². The third-order valence-corrected chi connectivity index (χ3v) is 4.59. The number of piperidine rings is 1. The lowest BCUT2D eigenvalue weighted by Gasteiger charge is -2.40. The minimum absolute atomic E-state index is 0.109. The van der Waals surface area contributed by atoms with E-state index in [0.717, 1.165) is 32.4 Å². The predicted octanol–water partition coefficient (Wildman–Crippen LogP) is 1.90. The van der Waals surface area contributed by atoms with Gasteiger partial charge in [0.25, 0.3) is 0 Å². The molecule has 5 nitrogen and oxygen atoms in total. The molecule has 1 heterocycles. The van der Waals surface area contributed by atoms with Crippen molar-refractivity contribution >= 4 is 5.97 Å². The van der Waals surface area contributed by atoms with Gasteiger partial charge in [-0.25, -0.2) is 0 Å². The molecule has 0 aromatic rings. The smallest absolute Gasteiger partial charge is 0.305 e. The Morgan fingerprint density at radius 3 is 2.60 bits per heavy atom. The second-order valence-electron chi connectivity index (χ2n) is 5.93. The van der Waals surface area contributed by atoms with Gasteiger partial charge in [0, 0.05) is 26.2 Å². The largest absolute Gasteiger partial charge is 0.481 e. The summed E-state index contributed by atoms with van der Waals surface area (Å²) < 4.78 is 11.1. The van der Waals surface area contributed by atoms with E-state index in [9.17, 15) is 4.79 Å². The highest BCUT2D eigenvalue weighted by atomic mass is 16.5. The van der Waals surface area contributed by atoms with Crippen LogP contribution in [0.15, 0.2) is 0 Å². The first-order chi connectivity index (χ1) is 9.69. The predicted molar refractivity (Wildman–Crippen MR) is 75.9 cm³/mol. The first kappa shape index (κ1) is 15.7. The van der Waals surface area contributed by atoms with E-state index in [0.29, 0.717) is 18.8 Å². The molecule has 1 saturated carbocycles. The highest BCUT2D eigenvalue weighted by Gasteiger charge is 2.29. The second-order valence-corrected chi connectivity index (χ2v) is 5.93. The number of carboxylic acids is 1. The average Bonchev–Trinajstić information content (AvgIpc) is 2.48. The molecule has 5 heteroatoms. The van der Waals surface area contributed by atoms with Crippen LogP contribution in [0.3, 0.4) is 0 Å². The van der Waals surface area contributed by atoms with Crippen molar-refractivity contribution in [2.75, 3.05) is 26.8 Å². The fourth-order valence-electron chi connectivity index (χ4n) is 3.39. The van der Waals surface area contributed by atoms with Crippen LogP contribution < -0.4 is 0 Å². The van der Waals surface area contributed by atoms with Crippen molar-refractivity contribution in [3.63, 3.8) is 0 Å². The van der Waals surface area contributed by atoms with Gasteiger partial charge in [0.05, 0.1) is 25.2 Å². The third kappa shape index (κ3) is 4.72. The molecule has 1 aliphatic heterocycles. The number of aliphatic carboxylic acids is 1. The zero-order chi connectivity index (χ0) is 14.4. The van der Waals surface area contributed by atoms with Gasteiger partial charge < -0.3 is 19.5 Å². The fourth-order valence-corrected chi connectivity index (χ4v) is 3.39. The summed E-state index contributed by atoms with van der Waals surface area (Å²) in [6.07, 6.45) is 7.72. The SMILES string of the molecule is COC1CCCC(N2CCC(OCCC(=O)O)CC2)C1. The van der Waals surface area contributed by atoms with Crippen molar-refractivity contribution in [1.82, 2.24) is 4.90 Å². The number of ether oxygens (including phenoxy) is 2. The number of hydrogen-bond donors (Lipinski definition) is 1. The third-order valence-electron chi connectivity index (χ3n) is 4.59. The first-order valence-corrected chi connectivity index (χ1v) is 7.79. The van der Waals surface area contributed by atoms with Gasteiger partial charge in [-0.2, -0.15) is 0 Å². The summed E-state index contributed by atoms with van der Waals surface area (Å²) >= 11 is 0. The van der Waals surface area contributed by atoms with E-state index in [1.54, 1.807) is 0 Å². The van der Waals surface area contributed by atoms with Crippen LogP contribution in [0.4, 0.5) is 0 Å². The van der Waals surface area contributed by atoms with Gasteiger partial charge in [0.2, 0.25) is 0 Å². The molecular weight excluding hydrogens is 258 g/mol. The summed E-state index contributed by atoms with van der Waals surface area (Å²) in [6.45, 7) is 2.48. The van der Waals surface area contributed by atoms with E-state index in [1.165, 1.54) is 19.3 Å². The topological polar surface area (TPSA) is 59.0 Å². The molecule has 2 fully saturated rings. The highest BCUT2D eigenvalue weighted by molar-refractivity contribution is 5.66. The Bertz CT molecular complexity index is 302. The molecule has 2 aliphatic rings. The summed E-state index contributed by atoms with van der Waals surface area (Å²) in [5.74, 6) is -0.782. The summed E-state index contributed by atoms with van der Waals surface area (Å²) in [5, 5.41) is 8.60. The van der Waals surface area contributed by atoms with Crippen LogP contribution in [0.2, 0.25) is 0 Å². The van der Waals surface area contributed by atoms with Crippen LogP contribution in [0, 0.1) is 0 Å². The quantitative estimate of drug-likeness (QED) is 0.807. The molecule has 1 N–H and O–H groups in total. The average molecular weight is 285 g/mol. The molecule has 0 amide bonds. The number of carbonyl (C=O) groups is 1. The van der Waals surface area contributed by atoms with Gasteiger partial charge in [-0.1, -0.05) is 0 Å². The molecule has 1 saturated heterocycles. The van der Waals surface area contributed by atoms with Crippen LogP contribution in [-0.2, 0) is 14.3 Å². The lowest BCUT2D eigenvalue weighted by molar-refractivity contribution is -0.139. The molecule has 2 unspecified atom stereocenters. The minimum Gasteiger partial charge on any atom is -0.481 e. The normalized spacial score (nSPS) is 29.4. The lowest BCUT2D eigenvalue weighted by atomic mass is 9.90. The maximum atomic E-state index is 10.5. The standard InChI is InChI=1S/C15H27NO4/c1-19-14-4-2-3-12(11-14)16-8-5-13(6-9-16)20-10-7-15(17)18/h12-14H,2-11H2,1H3,(H,17,18). The number of carboxylic acid groups (broad SMARTS) is 1. The first-order valence-electron chi connectivity index (χ1n) is 7.79. The van der Waals surface area contributed by atoms with E-state index in [4.69, 9.17) is 14.6 Å². The number of hydrogen-bond acceptors (Lipinski definition) is 4. The Kier molecular flexibility index (Phi) is 6.26. The van der Waals surface area contributed by atoms with Gasteiger partial charge >= 0.3 is 5.97 Å². The molecule has 1 aliphatic carbocycles. The van der Waals surface area contributed by atoms with E-state index >= 15 is 0 Å². The van der Waals surface area contributed by atoms with Gasteiger partial charge in [-0.05, 0) is 38.5 Å². The van der Waals surface area contributed by atoms with E-state index in [2.05, 4.69) is 4.90 Å². The van der Waals surface area contributed by atoms with Crippen molar-refractivity contribution < 1.29 is 19.4 Å². The van der Waals surface area contributed by atoms with Crippen LogP contribution in [0.1, 0.15) is 44.9 Å². The number of nitrogens with zero attached hydrogens (tertiary/aromatic N) is 1. The lowest BCUT2D eigenvalue weighted by Crippen LogP contribution is -2.46. The molecule has 0 spiro atoms.